The Balaban J connectivity index is 1.51. The molecule has 2 aliphatic heterocycles. The average molecular weight is 315 g/mol. The van der Waals surface area contributed by atoms with Gasteiger partial charge in [0, 0.05) is 37.9 Å². The number of hydrogen-bond acceptors (Lipinski definition) is 3. The molecule has 1 aromatic rings. The lowest BCUT2D eigenvalue weighted by molar-refractivity contribution is -0.127. The molecule has 2 fully saturated rings. The molecule has 0 aliphatic carbocycles. The number of amides is 1. The molecule has 0 atom stereocenters. The quantitative estimate of drug-likeness (QED) is 0.899. The second kappa shape index (κ2) is 6.52. The Morgan fingerprint density at radius 2 is 1.74 bits per heavy atom. The molecule has 0 unspecified atom stereocenters. The molecule has 2 heterocycles. The summed E-state index contributed by atoms with van der Waals surface area (Å²) < 4.78 is 0. The average Bonchev–Trinajstić information content (AvgIpc) is 2.45. The van der Waals surface area contributed by atoms with Gasteiger partial charge in [-0.25, -0.2) is 0 Å². The van der Waals surface area contributed by atoms with Crippen LogP contribution in [0.25, 0.3) is 0 Å². The van der Waals surface area contributed by atoms with Crippen LogP contribution in [-0.2, 0) is 10.2 Å². The fourth-order valence-electron chi connectivity index (χ4n) is 3.25. The number of nitrogens with zero attached hydrogens (tertiary/aromatic N) is 1. The van der Waals surface area contributed by atoms with E-state index in [1.807, 2.05) is 0 Å². The zero-order valence-corrected chi connectivity index (χ0v) is 14.6. The van der Waals surface area contributed by atoms with Crippen LogP contribution in [0.3, 0.4) is 0 Å². The number of benzene rings is 1. The van der Waals surface area contributed by atoms with Gasteiger partial charge in [-0.3, -0.25) is 4.79 Å². The van der Waals surface area contributed by atoms with Crippen molar-refractivity contribution in [2.24, 2.45) is 5.92 Å². The van der Waals surface area contributed by atoms with Crippen LogP contribution in [-0.4, -0.2) is 38.1 Å². The lowest BCUT2D eigenvalue weighted by Gasteiger charge is -2.35. The van der Waals surface area contributed by atoms with Crippen LogP contribution in [0.15, 0.2) is 24.3 Å². The van der Waals surface area contributed by atoms with Crippen molar-refractivity contribution in [1.29, 1.82) is 0 Å². The number of piperidine rings is 1. The van der Waals surface area contributed by atoms with Gasteiger partial charge in [0.1, 0.15) is 0 Å². The van der Waals surface area contributed by atoms with Gasteiger partial charge >= 0.3 is 0 Å². The van der Waals surface area contributed by atoms with Crippen LogP contribution >= 0.6 is 0 Å². The van der Waals surface area contributed by atoms with Crippen molar-refractivity contribution in [3.8, 4) is 0 Å². The summed E-state index contributed by atoms with van der Waals surface area (Å²) >= 11 is 0. The van der Waals surface area contributed by atoms with Gasteiger partial charge < -0.3 is 15.5 Å². The van der Waals surface area contributed by atoms with E-state index < -0.39 is 0 Å². The molecule has 23 heavy (non-hydrogen) atoms. The fourth-order valence-corrected chi connectivity index (χ4v) is 3.25. The second-order valence-corrected chi connectivity index (χ2v) is 7.92. The maximum Gasteiger partial charge on any atom is 0.225 e. The summed E-state index contributed by atoms with van der Waals surface area (Å²) in [5.74, 6) is 0.426. The van der Waals surface area contributed by atoms with Crippen LogP contribution in [0.2, 0.25) is 0 Å². The van der Waals surface area contributed by atoms with E-state index in [0.717, 1.165) is 39.0 Å². The van der Waals surface area contributed by atoms with Crippen LogP contribution in [0.5, 0.6) is 0 Å². The summed E-state index contributed by atoms with van der Waals surface area (Å²) in [4.78, 5) is 14.4. The Morgan fingerprint density at radius 1 is 1.13 bits per heavy atom. The van der Waals surface area contributed by atoms with Crippen molar-refractivity contribution in [2.45, 2.75) is 45.1 Å². The monoisotopic (exact) mass is 315 g/mol. The van der Waals surface area contributed by atoms with Crippen LogP contribution in [0.1, 0.15) is 39.2 Å². The summed E-state index contributed by atoms with van der Waals surface area (Å²) in [6.07, 6.45) is 2.07. The number of nitrogens with one attached hydrogen (secondary N) is 2. The third-order valence-corrected chi connectivity index (χ3v) is 5.09. The molecule has 4 nitrogen and oxygen atoms in total. The Bertz CT molecular complexity index is 535. The smallest absolute Gasteiger partial charge is 0.225 e. The molecular weight excluding hydrogens is 286 g/mol. The lowest BCUT2D eigenvalue weighted by Crippen LogP contribution is -2.54. The molecule has 4 heteroatoms. The molecule has 3 rings (SSSR count). The van der Waals surface area contributed by atoms with Crippen LogP contribution in [0.4, 0.5) is 5.69 Å². The van der Waals surface area contributed by atoms with E-state index >= 15 is 0 Å². The highest BCUT2D eigenvalue weighted by molar-refractivity contribution is 5.80. The summed E-state index contributed by atoms with van der Waals surface area (Å²) in [5.41, 5.74) is 2.87. The normalized spacial score (nSPS) is 20.2. The van der Waals surface area contributed by atoms with E-state index in [-0.39, 0.29) is 17.2 Å². The van der Waals surface area contributed by atoms with Crippen LogP contribution < -0.4 is 15.5 Å². The minimum atomic E-state index is 0.193. The van der Waals surface area contributed by atoms with E-state index in [4.69, 9.17) is 0 Å². The Morgan fingerprint density at radius 3 is 2.22 bits per heavy atom. The summed E-state index contributed by atoms with van der Waals surface area (Å²) in [5, 5.41) is 6.37. The van der Waals surface area contributed by atoms with Crippen molar-refractivity contribution in [1.82, 2.24) is 10.6 Å². The molecular formula is C19H29N3O. The van der Waals surface area contributed by atoms with Gasteiger partial charge in [0.2, 0.25) is 5.91 Å². The molecule has 2 saturated heterocycles. The first-order valence-electron chi connectivity index (χ1n) is 8.80. The van der Waals surface area contributed by atoms with E-state index in [1.165, 1.54) is 11.3 Å². The first-order chi connectivity index (χ1) is 10.9. The van der Waals surface area contributed by atoms with Gasteiger partial charge in [-0.05, 0) is 36.0 Å². The summed E-state index contributed by atoms with van der Waals surface area (Å²) in [7, 11) is 0. The summed E-state index contributed by atoms with van der Waals surface area (Å²) in [6, 6.07) is 9.30. The van der Waals surface area contributed by atoms with Gasteiger partial charge in [0.25, 0.3) is 0 Å². The number of carbonyl (C=O) groups excluding carboxylic acids is 1. The Kier molecular flexibility index (Phi) is 4.62. The minimum Gasteiger partial charge on any atom is -0.371 e. The highest BCUT2D eigenvalue weighted by Gasteiger charge is 2.28. The zero-order chi connectivity index (χ0) is 16.4. The summed E-state index contributed by atoms with van der Waals surface area (Å²) in [6.45, 7) is 10.4. The second-order valence-electron chi connectivity index (χ2n) is 7.92. The van der Waals surface area contributed by atoms with Gasteiger partial charge in [0.15, 0.2) is 0 Å². The van der Waals surface area contributed by atoms with Crippen molar-refractivity contribution in [3.63, 3.8) is 0 Å². The maximum absolute atomic E-state index is 12.0. The standard InChI is InChI=1S/C19H29N3O/c1-19(2,3)15-4-6-17(7-5-15)22-10-8-16(9-11-22)21-18(23)14-12-20-13-14/h4-7,14,16,20H,8-13H2,1-3H3,(H,21,23). The van der Waals surface area contributed by atoms with Crippen molar-refractivity contribution in [3.05, 3.63) is 29.8 Å². The SMILES string of the molecule is CC(C)(C)c1ccc(N2CCC(NC(=O)C3CNC3)CC2)cc1. The van der Waals surface area contributed by atoms with E-state index in [1.54, 1.807) is 0 Å². The maximum atomic E-state index is 12.0. The number of rotatable bonds is 3. The molecule has 1 amide bonds. The molecule has 0 aromatic heterocycles. The number of hydrogen-bond donors (Lipinski definition) is 2. The molecule has 0 saturated carbocycles. The highest BCUT2D eigenvalue weighted by atomic mass is 16.2. The Labute approximate surface area is 139 Å². The van der Waals surface area contributed by atoms with Gasteiger partial charge in [-0.15, -0.1) is 0 Å². The third-order valence-electron chi connectivity index (χ3n) is 5.09. The first kappa shape index (κ1) is 16.3. The van der Waals surface area contributed by atoms with E-state index in [0.29, 0.717) is 6.04 Å². The zero-order valence-electron chi connectivity index (χ0n) is 14.6. The molecule has 0 bridgehead atoms. The predicted molar refractivity (Wildman–Crippen MR) is 94.9 cm³/mol. The van der Waals surface area contributed by atoms with E-state index in [9.17, 15) is 4.79 Å². The molecule has 126 valence electrons. The third kappa shape index (κ3) is 3.86. The van der Waals surface area contributed by atoms with Gasteiger partial charge in [-0.2, -0.15) is 0 Å². The number of anilines is 1. The Hall–Kier alpha value is -1.55. The lowest BCUT2D eigenvalue weighted by atomic mass is 9.87. The topological polar surface area (TPSA) is 44.4 Å². The first-order valence-corrected chi connectivity index (χ1v) is 8.80. The predicted octanol–water partition coefficient (Wildman–Crippen LogP) is 2.29. The molecule has 0 radical (unpaired) electrons. The molecule has 2 aliphatic rings. The number of carbonyl (C=O) groups is 1. The van der Waals surface area contributed by atoms with Crippen molar-refractivity contribution < 1.29 is 4.79 Å². The minimum absolute atomic E-state index is 0.193. The van der Waals surface area contributed by atoms with Gasteiger partial charge in [-0.1, -0.05) is 32.9 Å². The molecule has 2 N–H and O–H groups in total. The van der Waals surface area contributed by atoms with Crippen molar-refractivity contribution in [2.75, 3.05) is 31.1 Å². The fraction of sp³-hybridized carbons (Fsp3) is 0.632. The van der Waals surface area contributed by atoms with E-state index in [2.05, 4.69) is 60.6 Å². The highest BCUT2D eigenvalue weighted by Crippen LogP contribution is 2.26. The molecule has 0 spiro atoms. The van der Waals surface area contributed by atoms with Gasteiger partial charge in [0.05, 0.1) is 5.92 Å². The van der Waals surface area contributed by atoms with Crippen LogP contribution in [0, 0.1) is 5.92 Å². The molecule has 1 aromatic carbocycles. The largest absolute Gasteiger partial charge is 0.371 e. The van der Waals surface area contributed by atoms with Crippen molar-refractivity contribution >= 4 is 11.6 Å².